The average Bonchev–Trinajstić information content (AvgIpc) is 2.90. The number of aryl methyl sites for hydroxylation is 1. The summed E-state index contributed by atoms with van der Waals surface area (Å²) >= 11 is 3.55. The molecule has 0 aliphatic heterocycles. The summed E-state index contributed by atoms with van der Waals surface area (Å²) < 4.78 is 1.05. The lowest BCUT2D eigenvalue weighted by atomic mass is 10.1. The van der Waals surface area contributed by atoms with E-state index in [0.29, 0.717) is 5.92 Å². The van der Waals surface area contributed by atoms with E-state index in [2.05, 4.69) is 51.9 Å². The summed E-state index contributed by atoms with van der Waals surface area (Å²) in [5.74, 6) is 1.56. The second-order valence-corrected chi connectivity index (χ2v) is 7.10. The van der Waals surface area contributed by atoms with Crippen molar-refractivity contribution in [2.45, 2.75) is 27.2 Å². The van der Waals surface area contributed by atoms with Gasteiger partial charge in [0.1, 0.15) is 5.82 Å². The van der Waals surface area contributed by atoms with Gasteiger partial charge < -0.3 is 4.98 Å². The van der Waals surface area contributed by atoms with Crippen molar-refractivity contribution < 1.29 is 0 Å². The summed E-state index contributed by atoms with van der Waals surface area (Å²) in [5, 5.41) is 0. The molecule has 0 aliphatic carbocycles. The van der Waals surface area contributed by atoms with Crippen LogP contribution in [0.25, 0.3) is 22.6 Å². The fourth-order valence-electron chi connectivity index (χ4n) is 2.62. The number of nitrogens with one attached hydrogen (secondary N) is 1. The molecule has 0 radical (unpaired) electrons. The maximum absolute atomic E-state index is 4.85. The molecule has 0 bridgehead atoms. The zero-order valence-corrected chi connectivity index (χ0v) is 15.2. The lowest BCUT2D eigenvalue weighted by Gasteiger charge is -2.04. The Morgan fingerprint density at radius 2 is 1.87 bits per heavy atom. The van der Waals surface area contributed by atoms with E-state index < -0.39 is 0 Å². The smallest absolute Gasteiger partial charge is 0.107 e. The monoisotopic (exact) mass is 369 g/mol. The molecular formula is C19H20BrN3. The normalized spacial score (nSPS) is 11.2. The average molecular weight is 370 g/mol. The Kier molecular flexibility index (Phi) is 4.62. The Morgan fingerprint density at radius 3 is 2.57 bits per heavy atom. The summed E-state index contributed by atoms with van der Waals surface area (Å²) in [5.41, 5.74) is 4.97. The van der Waals surface area contributed by atoms with Crippen molar-refractivity contribution >= 4 is 15.9 Å². The van der Waals surface area contributed by atoms with Crippen LogP contribution in [-0.4, -0.2) is 15.0 Å². The first-order chi connectivity index (χ1) is 11.0. The van der Waals surface area contributed by atoms with Crippen LogP contribution < -0.4 is 0 Å². The number of rotatable bonds is 4. The van der Waals surface area contributed by atoms with Crippen LogP contribution in [0.15, 0.2) is 46.9 Å². The molecular weight excluding hydrogens is 350 g/mol. The number of pyridine rings is 1. The highest BCUT2D eigenvalue weighted by Crippen LogP contribution is 2.31. The Hall–Kier alpha value is -1.94. The van der Waals surface area contributed by atoms with Crippen LogP contribution in [0.5, 0.6) is 0 Å². The topological polar surface area (TPSA) is 41.6 Å². The van der Waals surface area contributed by atoms with Gasteiger partial charge in [-0.3, -0.25) is 4.98 Å². The molecule has 4 heteroatoms. The molecule has 3 nitrogen and oxygen atoms in total. The van der Waals surface area contributed by atoms with Gasteiger partial charge in [0.15, 0.2) is 0 Å². The molecule has 3 rings (SSSR count). The number of aromatic amines is 1. The predicted octanol–water partition coefficient (Wildman–Crippen LogP) is 5.41. The molecule has 23 heavy (non-hydrogen) atoms. The van der Waals surface area contributed by atoms with Gasteiger partial charge in [0, 0.05) is 22.2 Å². The molecule has 0 fully saturated rings. The molecule has 0 unspecified atom stereocenters. The summed E-state index contributed by atoms with van der Waals surface area (Å²) in [4.78, 5) is 13.0. The Bertz CT molecular complexity index is 758. The van der Waals surface area contributed by atoms with Gasteiger partial charge in [-0.25, -0.2) is 4.98 Å². The molecule has 0 amide bonds. The van der Waals surface area contributed by atoms with Crippen LogP contribution in [0.3, 0.4) is 0 Å². The van der Waals surface area contributed by atoms with Gasteiger partial charge in [-0.05, 0) is 37.1 Å². The Balaban J connectivity index is 2.14. The highest BCUT2D eigenvalue weighted by molar-refractivity contribution is 9.10. The number of hydrogen-bond donors (Lipinski definition) is 1. The first kappa shape index (κ1) is 15.9. The minimum atomic E-state index is 0.551. The molecule has 1 aromatic carbocycles. The summed E-state index contributed by atoms with van der Waals surface area (Å²) in [6.45, 7) is 6.41. The second kappa shape index (κ2) is 6.67. The molecule has 0 spiro atoms. The van der Waals surface area contributed by atoms with E-state index in [-0.39, 0.29) is 0 Å². The molecule has 0 atom stereocenters. The van der Waals surface area contributed by atoms with Gasteiger partial charge in [0.05, 0.1) is 17.1 Å². The van der Waals surface area contributed by atoms with Gasteiger partial charge in [0.25, 0.3) is 0 Å². The number of benzene rings is 1. The van der Waals surface area contributed by atoms with E-state index >= 15 is 0 Å². The minimum absolute atomic E-state index is 0.551. The molecule has 0 aliphatic rings. The summed E-state index contributed by atoms with van der Waals surface area (Å²) in [6, 6.07) is 14.3. The number of halogens is 1. The second-order valence-electron chi connectivity index (χ2n) is 6.18. The number of H-pyrrole nitrogens is 1. The molecule has 0 saturated carbocycles. The van der Waals surface area contributed by atoms with E-state index in [9.17, 15) is 0 Å². The van der Waals surface area contributed by atoms with Gasteiger partial charge in [-0.2, -0.15) is 0 Å². The van der Waals surface area contributed by atoms with E-state index in [0.717, 1.165) is 45.1 Å². The van der Waals surface area contributed by atoms with Crippen molar-refractivity contribution in [3.05, 3.63) is 58.5 Å². The van der Waals surface area contributed by atoms with Crippen LogP contribution in [0, 0.1) is 12.8 Å². The minimum Gasteiger partial charge on any atom is -0.340 e. The highest BCUT2D eigenvalue weighted by Gasteiger charge is 2.16. The zero-order chi connectivity index (χ0) is 16.4. The third kappa shape index (κ3) is 3.70. The first-order valence-corrected chi connectivity index (χ1v) is 8.61. The lowest BCUT2D eigenvalue weighted by Crippen LogP contribution is -1.96. The van der Waals surface area contributed by atoms with E-state index in [1.54, 1.807) is 0 Å². The fourth-order valence-corrected chi connectivity index (χ4v) is 3.02. The van der Waals surface area contributed by atoms with Crippen LogP contribution in [0.4, 0.5) is 0 Å². The largest absolute Gasteiger partial charge is 0.340 e. The van der Waals surface area contributed by atoms with Crippen molar-refractivity contribution in [1.82, 2.24) is 15.0 Å². The Labute approximate surface area is 145 Å². The van der Waals surface area contributed by atoms with Crippen LogP contribution in [0.2, 0.25) is 0 Å². The molecule has 3 aromatic rings. The van der Waals surface area contributed by atoms with Crippen LogP contribution in [0.1, 0.15) is 25.4 Å². The molecule has 1 N–H and O–H groups in total. The molecule has 2 heterocycles. The number of aromatic nitrogens is 3. The maximum Gasteiger partial charge on any atom is 0.107 e. The zero-order valence-electron chi connectivity index (χ0n) is 13.6. The SMILES string of the molecule is Cc1cccc(-c2[nH]c(CC(C)C)nc2-c2cccc(Br)c2)n1. The summed E-state index contributed by atoms with van der Waals surface area (Å²) in [7, 11) is 0. The lowest BCUT2D eigenvalue weighted by molar-refractivity contribution is 0.626. The highest BCUT2D eigenvalue weighted by atomic mass is 79.9. The standard InChI is InChI=1S/C19H20BrN3/c1-12(2)10-17-22-18(14-7-5-8-15(20)11-14)19(23-17)16-9-4-6-13(3)21-16/h4-9,11-12H,10H2,1-3H3,(H,22,23). The predicted molar refractivity (Wildman–Crippen MR) is 98.2 cm³/mol. The molecule has 118 valence electrons. The van der Waals surface area contributed by atoms with Crippen molar-refractivity contribution in [1.29, 1.82) is 0 Å². The molecule has 2 aromatic heterocycles. The van der Waals surface area contributed by atoms with Gasteiger partial charge >= 0.3 is 0 Å². The van der Waals surface area contributed by atoms with E-state index in [4.69, 9.17) is 4.98 Å². The van der Waals surface area contributed by atoms with Gasteiger partial charge in [-0.15, -0.1) is 0 Å². The van der Waals surface area contributed by atoms with Crippen LogP contribution >= 0.6 is 15.9 Å². The van der Waals surface area contributed by atoms with Crippen molar-refractivity contribution in [2.24, 2.45) is 5.92 Å². The van der Waals surface area contributed by atoms with E-state index in [1.165, 1.54) is 0 Å². The summed E-state index contributed by atoms with van der Waals surface area (Å²) in [6.07, 6.45) is 0.923. The Morgan fingerprint density at radius 1 is 1.09 bits per heavy atom. The molecule has 0 saturated heterocycles. The fraction of sp³-hybridized carbons (Fsp3) is 0.263. The van der Waals surface area contributed by atoms with Gasteiger partial charge in [0.2, 0.25) is 0 Å². The van der Waals surface area contributed by atoms with Crippen molar-refractivity contribution in [3.8, 4) is 22.6 Å². The van der Waals surface area contributed by atoms with E-state index in [1.807, 2.05) is 37.3 Å². The maximum atomic E-state index is 4.85. The first-order valence-electron chi connectivity index (χ1n) is 7.82. The number of nitrogens with zero attached hydrogens (tertiary/aromatic N) is 2. The van der Waals surface area contributed by atoms with Crippen LogP contribution in [-0.2, 0) is 6.42 Å². The quantitative estimate of drug-likeness (QED) is 0.667. The third-order valence-electron chi connectivity index (χ3n) is 3.60. The van der Waals surface area contributed by atoms with Crippen molar-refractivity contribution in [3.63, 3.8) is 0 Å². The van der Waals surface area contributed by atoms with Crippen molar-refractivity contribution in [2.75, 3.05) is 0 Å². The van der Waals surface area contributed by atoms with Gasteiger partial charge in [-0.1, -0.05) is 48.0 Å². The third-order valence-corrected chi connectivity index (χ3v) is 4.09. The number of imidazole rings is 1. The number of hydrogen-bond acceptors (Lipinski definition) is 2.